The van der Waals surface area contributed by atoms with E-state index < -0.39 is 0 Å². The van der Waals surface area contributed by atoms with E-state index in [9.17, 15) is 4.79 Å². The summed E-state index contributed by atoms with van der Waals surface area (Å²) in [5.74, 6) is 0.872. The summed E-state index contributed by atoms with van der Waals surface area (Å²) in [7, 11) is 1.68. The van der Waals surface area contributed by atoms with E-state index in [0.717, 1.165) is 28.5 Å². The highest BCUT2D eigenvalue weighted by molar-refractivity contribution is 6.32. The molecule has 1 amide bonds. The Labute approximate surface area is 169 Å². The number of fused-ring (bicyclic) bond motifs is 1. The summed E-state index contributed by atoms with van der Waals surface area (Å²) in [6.45, 7) is 2.67. The zero-order valence-electron chi connectivity index (χ0n) is 15.9. The van der Waals surface area contributed by atoms with Crippen LogP contribution in [-0.4, -0.2) is 29.6 Å². The topological polar surface area (TPSA) is 64.1 Å². The largest absolute Gasteiger partial charge is 0.384 e. The van der Waals surface area contributed by atoms with Crippen LogP contribution < -0.4 is 5.32 Å². The van der Waals surface area contributed by atoms with Crippen LogP contribution in [0.5, 0.6) is 0 Å². The number of halogens is 1. The lowest BCUT2D eigenvalue weighted by atomic mass is 9.99. The molecule has 0 saturated heterocycles. The molecule has 0 bridgehead atoms. The molecule has 3 aromatic rings. The second-order valence-electron chi connectivity index (χ2n) is 7.34. The smallest absolute Gasteiger partial charge is 0.229 e. The zero-order valence-corrected chi connectivity index (χ0v) is 16.6. The van der Waals surface area contributed by atoms with Crippen molar-refractivity contribution < 1.29 is 9.53 Å². The molecule has 28 heavy (non-hydrogen) atoms. The number of ether oxygens (including phenoxy) is 1. The molecule has 0 radical (unpaired) electrons. The van der Waals surface area contributed by atoms with Crippen LogP contribution >= 0.6 is 11.6 Å². The van der Waals surface area contributed by atoms with Crippen LogP contribution in [0.4, 0.5) is 5.82 Å². The maximum absolute atomic E-state index is 12.6. The highest BCUT2D eigenvalue weighted by atomic mass is 35.5. The summed E-state index contributed by atoms with van der Waals surface area (Å²) in [5, 5.41) is 5.58. The predicted octanol–water partition coefficient (Wildman–Crippen LogP) is 4.78. The Morgan fingerprint density at radius 1 is 1.29 bits per heavy atom. The van der Waals surface area contributed by atoms with Crippen LogP contribution in [0, 0.1) is 5.92 Å². The molecule has 1 saturated carbocycles. The van der Waals surface area contributed by atoms with Gasteiger partial charge in [-0.3, -0.25) is 9.78 Å². The summed E-state index contributed by atoms with van der Waals surface area (Å²) < 4.78 is 5.25. The van der Waals surface area contributed by atoms with Gasteiger partial charge in [0.25, 0.3) is 0 Å². The molecule has 3 atom stereocenters. The van der Waals surface area contributed by atoms with Crippen LogP contribution in [0.15, 0.2) is 48.8 Å². The number of benzene rings is 1. The molecule has 2 aromatic heterocycles. The van der Waals surface area contributed by atoms with Gasteiger partial charge in [-0.25, -0.2) is 4.98 Å². The normalized spacial score (nSPS) is 19.4. The Bertz CT molecular complexity index is 1010. The van der Waals surface area contributed by atoms with Crippen LogP contribution in [0.25, 0.3) is 10.8 Å². The maximum atomic E-state index is 12.6. The Hall–Kier alpha value is -2.50. The van der Waals surface area contributed by atoms with E-state index in [0.29, 0.717) is 17.4 Å². The van der Waals surface area contributed by atoms with Crippen LogP contribution in [0.1, 0.15) is 36.4 Å². The van der Waals surface area contributed by atoms with E-state index in [1.165, 1.54) is 0 Å². The number of nitrogens with zero attached hydrogens (tertiary/aromatic N) is 2. The number of rotatable bonds is 6. The summed E-state index contributed by atoms with van der Waals surface area (Å²) in [6.07, 6.45) is 4.33. The van der Waals surface area contributed by atoms with E-state index in [1.54, 1.807) is 19.5 Å². The second kappa shape index (κ2) is 7.86. The number of nitrogens with one attached hydrogen (secondary N) is 1. The molecule has 144 valence electrons. The van der Waals surface area contributed by atoms with Crippen molar-refractivity contribution in [3.05, 3.63) is 65.1 Å². The number of amides is 1. The molecule has 0 unspecified atom stereocenters. The molecule has 1 fully saturated rings. The van der Waals surface area contributed by atoms with Gasteiger partial charge in [0, 0.05) is 53.4 Å². The summed E-state index contributed by atoms with van der Waals surface area (Å²) >= 11 is 6.42. The molecule has 1 aromatic carbocycles. The minimum atomic E-state index is -0.0464. The van der Waals surface area contributed by atoms with Gasteiger partial charge in [-0.2, -0.15) is 0 Å². The molecule has 1 aliphatic rings. The lowest BCUT2D eigenvalue weighted by Crippen LogP contribution is -2.15. The molecular formula is C22H22ClN3O2. The third kappa shape index (κ3) is 3.86. The van der Waals surface area contributed by atoms with Gasteiger partial charge >= 0.3 is 0 Å². The van der Waals surface area contributed by atoms with Crippen molar-refractivity contribution >= 4 is 34.1 Å². The Kier molecular flexibility index (Phi) is 5.29. The molecule has 5 nitrogen and oxygen atoms in total. The Morgan fingerprint density at radius 2 is 2.14 bits per heavy atom. The number of methoxy groups -OCH3 is 1. The molecule has 6 heteroatoms. The zero-order chi connectivity index (χ0) is 19.7. The van der Waals surface area contributed by atoms with Crippen LogP contribution in [-0.2, 0) is 9.53 Å². The number of pyridine rings is 2. The average molecular weight is 396 g/mol. The van der Waals surface area contributed by atoms with Gasteiger partial charge in [-0.1, -0.05) is 24.6 Å². The highest BCUT2D eigenvalue weighted by Gasteiger charge is 2.44. The van der Waals surface area contributed by atoms with Crippen molar-refractivity contribution in [1.82, 2.24) is 9.97 Å². The predicted molar refractivity (Wildman–Crippen MR) is 111 cm³/mol. The van der Waals surface area contributed by atoms with Gasteiger partial charge in [-0.05, 0) is 47.7 Å². The van der Waals surface area contributed by atoms with Gasteiger partial charge in [0.05, 0.1) is 6.61 Å². The van der Waals surface area contributed by atoms with Crippen molar-refractivity contribution in [2.75, 3.05) is 19.0 Å². The minimum absolute atomic E-state index is 0.00978. The van der Waals surface area contributed by atoms with Crippen molar-refractivity contribution in [2.24, 2.45) is 5.92 Å². The Morgan fingerprint density at radius 3 is 2.89 bits per heavy atom. The molecule has 4 rings (SSSR count). The number of hydrogen-bond acceptors (Lipinski definition) is 4. The van der Waals surface area contributed by atoms with Gasteiger partial charge in [0.2, 0.25) is 5.91 Å². The van der Waals surface area contributed by atoms with Crippen molar-refractivity contribution in [3.63, 3.8) is 0 Å². The quantitative estimate of drug-likeness (QED) is 0.652. The summed E-state index contributed by atoms with van der Waals surface area (Å²) in [4.78, 5) is 21.3. The molecule has 1 aliphatic carbocycles. The van der Waals surface area contributed by atoms with Gasteiger partial charge in [0.15, 0.2) is 0 Å². The Balaban J connectivity index is 1.51. The fraction of sp³-hybridized carbons (Fsp3) is 0.318. The summed E-state index contributed by atoms with van der Waals surface area (Å²) in [6, 6.07) is 11.7. The van der Waals surface area contributed by atoms with E-state index in [-0.39, 0.29) is 23.7 Å². The molecule has 0 aliphatic heterocycles. The number of aromatic nitrogens is 2. The second-order valence-corrected chi connectivity index (χ2v) is 7.75. The number of carbonyl (C=O) groups is 1. The first-order valence-electron chi connectivity index (χ1n) is 9.36. The first kappa shape index (κ1) is 18.8. The van der Waals surface area contributed by atoms with Crippen LogP contribution in [0.3, 0.4) is 0 Å². The number of carbonyl (C=O) groups excluding carboxylic acids is 1. The van der Waals surface area contributed by atoms with E-state index >= 15 is 0 Å². The average Bonchev–Trinajstić information content (AvgIpc) is 3.49. The van der Waals surface area contributed by atoms with Gasteiger partial charge in [-0.15, -0.1) is 0 Å². The van der Waals surface area contributed by atoms with E-state index in [2.05, 4.69) is 22.2 Å². The lowest BCUT2D eigenvalue weighted by Gasteiger charge is -2.14. The highest BCUT2D eigenvalue weighted by Crippen LogP contribution is 2.47. The fourth-order valence-corrected chi connectivity index (χ4v) is 3.95. The lowest BCUT2D eigenvalue weighted by molar-refractivity contribution is -0.117. The molecule has 0 spiro atoms. The third-order valence-corrected chi connectivity index (χ3v) is 5.56. The molecule has 1 N–H and O–H groups in total. The third-order valence-electron chi connectivity index (χ3n) is 5.23. The van der Waals surface area contributed by atoms with E-state index in [4.69, 9.17) is 16.3 Å². The standard InChI is InChI=1S/C22H22ClN3O2/c1-13(12-28-2)16-7-14-9-21(25-11-15(14)8-19(16)23)26-22(27)18-10-17(18)20-5-3-4-6-24-20/h3-9,11,13,17-18H,10,12H2,1-2H3,(H,25,26,27)/t13-,17-,18-/m0/s1. The first-order valence-corrected chi connectivity index (χ1v) is 9.74. The molecular weight excluding hydrogens is 374 g/mol. The first-order chi connectivity index (χ1) is 13.6. The van der Waals surface area contributed by atoms with Crippen molar-refractivity contribution in [2.45, 2.75) is 25.2 Å². The van der Waals surface area contributed by atoms with Gasteiger partial charge in [0.1, 0.15) is 5.82 Å². The fourth-order valence-electron chi connectivity index (χ4n) is 3.60. The SMILES string of the molecule is COC[C@H](C)c1cc2cc(NC(=O)[C@H]3C[C@@H]3c3ccccn3)ncc2cc1Cl. The maximum Gasteiger partial charge on any atom is 0.229 e. The van der Waals surface area contributed by atoms with Crippen molar-refractivity contribution in [3.8, 4) is 0 Å². The summed E-state index contributed by atoms with van der Waals surface area (Å²) in [5.41, 5.74) is 2.00. The van der Waals surface area contributed by atoms with Gasteiger partial charge < -0.3 is 10.1 Å². The van der Waals surface area contributed by atoms with Crippen LogP contribution in [0.2, 0.25) is 5.02 Å². The monoisotopic (exact) mass is 395 g/mol. The van der Waals surface area contributed by atoms with E-state index in [1.807, 2.05) is 36.4 Å². The number of hydrogen-bond donors (Lipinski definition) is 1. The minimum Gasteiger partial charge on any atom is -0.384 e. The molecule has 2 heterocycles. The number of anilines is 1. The van der Waals surface area contributed by atoms with Crippen molar-refractivity contribution in [1.29, 1.82) is 0 Å².